The lowest BCUT2D eigenvalue weighted by atomic mass is 10.2. The van der Waals surface area contributed by atoms with Crippen LogP contribution in [0.4, 0.5) is 0 Å². The highest BCUT2D eigenvalue weighted by Crippen LogP contribution is 2.18. The predicted molar refractivity (Wildman–Crippen MR) is 51.1 cm³/mol. The number of nitrogens with zero attached hydrogens (tertiary/aromatic N) is 2. The van der Waals surface area contributed by atoms with Crippen molar-refractivity contribution in [1.29, 1.82) is 0 Å². The van der Waals surface area contributed by atoms with Gasteiger partial charge >= 0.3 is 5.97 Å². The van der Waals surface area contributed by atoms with Crippen molar-refractivity contribution in [3.05, 3.63) is 36.6 Å². The molecule has 0 bridgehead atoms. The molecule has 0 aliphatic rings. The molecule has 76 valence electrons. The van der Waals surface area contributed by atoms with Crippen molar-refractivity contribution in [3.8, 4) is 11.3 Å². The number of oxazole rings is 1. The maximum Gasteiger partial charge on any atom is 0.312 e. The average Bonchev–Trinajstić information content (AvgIpc) is 2.67. The topological polar surface area (TPSA) is 76.2 Å². The fraction of sp³-hybridized carbons (Fsp3) is 0.100. The molecule has 0 saturated heterocycles. The van der Waals surface area contributed by atoms with E-state index in [9.17, 15) is 4.79 Å². The summed E-state index contributed by atoms with van der Waals surface area (Å²) in [4.78, 5) is 18.2. The Kier molecular flexibility index (Phi) is 2.45. The van der Waals surface area contributed by atoms with Gasteiger partial charge in [-0.15, -0.1) is 0 Å². The maximum atomic E-state index is 10.4. The van der Waals surface area contributed by atoms with Crippen LogP contribution in [0.1, 0.15) is 5.89 Å². The van der Waals surface area contributed by atoms with Crippen LogP contribution in [0.2, 0.25) is 0 Å². The third kappa shape index (κ3) is 2.19. The number of carbonyl (C=O) groups is 1. The zero-order valence-corrected chi connectivity index (χ0v) is 7.75. The highest BCUT2D eigenvalue weighted by molar-refractivity contribution is 5.69. The fourth-order valence-corrected chi connectivity index (χ4v) is 1.16. The Hall–Kier alpha value is -2.17. The van der Waals surface area contributed by atoms with Gasteiger partial charge in [-0.05, 0) is 12.1 Å². The lowest BCUT2D eigenvalue weighted by Crippen LogP contribution is -1.99. The summed E-state index contributed by atoms with van der Waals surface area (Å²) in [5.41, 5.74) is 0.779. The molecule has 2 aromatic rings. The Bertz CT molecular complexity index is 465. The van der Waals surface area contributed by atoms with Gasteiger partial charge in [-0.2, -0.15) is 0 Å². The van der Waals surface area contributed by atoms with Crippen molar-refractivity contribution in [2.24, 2.45) is 0 Å². The number of rotatable bonds is 3. The van der Waals surface area contributed by atoms with Gasteiger partial charge in [0.2, 0.25) is 5.89 Å². The van der Waals surface area contributed by atoms with Gasteiger partial charge in [-0.1, -0.05) is 0 Å². The quantitative estimate of drug-likeness (QED) is 0.816. The van der Waals surface area contributed by atoms with Crippen LogP contribution in [-0.2, 0) is 11.2 Å². The minimum atomic E-state index is -0.963. The number of aromatic nitrogens is 2. The van der Waals surface area contributed by atoms with Gasteiger partial charge in [0.15, 0.2) is 5.76 Å². The molecule has 0 aromatic carbocycles. The normalized spacial score (nSPS) is 10.1. The molecule has 0 fully saturated rings. The smallest absolute Gasteiger partial charge is 0.312 e. The number of pyridine rings is 1. The molecule has 2 heterocycles. The van der Waals surface area contributed by atoms with E-state index in [4.69, 9.17) is 9.52 Å². The molecule has 0 saturated carbocycles. The van der Waals surface area contributed by atoms with E-state index in [0.29, 0.717) is 5.76 Å². The maximum absolute atomic E-state index is 10.4. The van der Waals surface area contributed by atoms with E-state index < -0.39 is 5.97 Å². The number of hydrogen-bond acceptors (Lipinski definition) is 4. The lowest BCUT2D eigenvalue weighted by Gasteiger charge is -1.93. The van der Waals surface area contributed by atoms with Crippen molar-refractivity contribution in [2.45, 2.75) is 6.42 Å². The van der Waals surface area contributed by atoms with Crippen LogP contribution in [0.3, 0.4) is 0 Å². The molecular formula is C10H8N2O3. The fourth-order valence-electron chi connectivity index (χ4n) is 1.16. The minimum absolute atomic E-state index is 0.196. The van der Waals surface area contributed by atoms with E-state index in [2.05, 4.69) is 9.97 Å². The standard InChI is InChI=1S/C10H8N2O3/c13-10(14)4-9-12-6-8(15-9)7-2-1-3-11-5-7/h1-3,5-6H,4H2,(H,13,14). The Morgan fingerprint density at radius 1 is 1.47 bits per heavy atom. The van der Waals surface area contributed by atoms with E-state index in [0.717, 1.165) is 5.56 Å². The van der Waals surface area contributed by atoms with Crippen LogP contribution in [0.5, 0.6) is 0 Å². The first-order valence-electron chi connectivity index (χ1n) is 4.32. The molecule has 5 nitrogen and oxygen atoms in total. The van der Waals surface area contributed by atoms with Crippen LogP contribution >= 0.6 is 0 Å². The molecular weight excluding hydrogens is 196 g/mol. The van der Waals surface area contributed by atoms with Gasteiger partial charge < -0.3 is 9.52 Å². The Balaban J connectivity index is 2.24. The highest BCUT2D eigenvalue weighted by Gasteiger charge is 2.09. The Morgan fingerprint density at radius 3 is 3.00 bits per heavy atom. The van der Waals surface area contributed by atoms with Gasteiger partial charge in [0.1, 0.15) is 6.42 Å². The molecule has 0 aliphatic carbocycles. The third-order valence-corrected chi connectivity index (χ3v) is 1.80. The number of hydrogen-bond donors (Lipinski definition) is 1. The summed E-state index contributed by atoms with van der Waals surface area (Å²) in [6.07, 6.45) is 4.57. The zero-order chi connectivity index (χ0) is 10.7. The van der Waals surface area contributed by atoms with Gasteiger partial charge in [-0.3, -0.25) is 9.78 Å². The number of carboxylic acid groups (broad SMARTS) is 1. The first-order chi connectivity index (χ1) is 7.25. The summed E-state index contributed by atoms with van der Waals surface area (Å²) in [5.74, 6) is -0.240. The van der Waals surface area contributed by atoms with Crippen LogP contribution in [0.15, 0.2) is 35.1 Å². The second-order valence-corrected chi connectivity index (χ2v) is 2.93. The summed E-state index contributed by atoms with van der Waals surface area (Å²) in [5, 5.41) is 8.53. The molecule has 5 heteroatoms. The van der Waals surface area contributed by atoms with Gasteiger partial charge in [0, 0.05) is 18.0 Å². The monoisotopic (exact) mass is 204 g/mol. The highest BCUT2D eigenvalue weighted by atomic mass is 16.4. The Labute approximate surface area is 85.4 Å². The van der Waals surface area contributed by atoms with Gasteiger partial charge in [0.05, 0.1) is 6.20 Å². The number of aliphatic carboxylic acids is 1. The third-order valence-electron chi connectivity index (χ3n) is 1.80. The minimum Gasteiger partial charge on any atom is -0.481 e. The summed E-state index contributed by atoms with van der Waals surface area (Å²) in [6, 6.07) is 3.59. The van der Waals surface area contributed by atoms with Crippen LogP contribution in [-0.4, -0.2) is 21.0 Å². The van der Waals surface area contributed by atoms with Gasteiger partial charge in [-0.25, -0.2) is 4.98 Å². The first kappa shape index (κ1) is 9.39. The second-order valence-electron chi connectivity index (χ2n) is 2.93. The van der Waals surface area contributed by atoms with E-state index in [-0.39, 0.29) is 12.3 Å². The zero-order valence-electron chi connectivity index (χ0n) is 7.75. The lowest BCUT2D eigenvalue weighted by molar-refractivity contribution is -0.136. The molecule has 0 atom stereocenters. The van der Waals surface area contributed by atoms with Crippen LogP contribution in [0.25, 0.3) is 11.3 Å². The van der Waals surface area contributed by atoms with Crippen LogP contribution < -0.4 is 0 Å². The van der Waals surface area contributed by atoms with Gasteiger partial charge in [0.25, 0.3) is 0 Å². The van der Waals surface area contributed by atoms with Crippen molar-refractivity contribution in [3.63, 3.8) is 0 Å². The van der Waals surface area contributed by atoms with E-state index in [1.807, 2.05) is 6.07 Å². The Morgan fingerprint density at radius 2 is 2.33 bits per heavy atom. The van der Waals surface area contributed by atoms with Crippen molar-refractivity contribution in [1.82, 2.24) is 9.97 Å². The second kappa shape index (κ2) is 3.91. The molecule has 0 radical (unpaired) electrons. The first-order valence-corrected chi connectivity index (χ1v) is 4.32. The van der Waals surface area contributed by atoms with E-state index in [1.54, 1.807) is 18.5 Å². The molecule has 15 heavy (non-hydrogen) atoms. The molecule has 2 aromatic heterocycles. The van der Waals surface area contributed by atoms with Crippen molar-refractivity contribution in [2.75, 3.05) is 0 Å². The molecule has 0 spiro atoms. The molecule has 2 rings (SSSR count). The molecule has 1 N–H and O–H groups in total. The summed E-state index contributed by atoms with van der Waals surface area (Å²) in [6.45, 7) is 0. The van der Waals surface area contributed by atoms with E-state index in [1.165, 1.54) is 6.20 Å². The summed E-state index contributed by atoms with van der Waals surface area (Å²) < 4.78 is 5.25. The van der Waals surface area contributed by atoms with Crippen molar-refractivity contribution >= 4 is 5.97 Å². The van der Waals surface area contributed by atoms with Crippen molar-refractivity contribution < 1.29 is 14.3 Å². The molecule has 0 unspecified atom stereocenters. The largest absolute Gasteiger partial charge is 0.481 e. The van der Waals surface area contributed by atoms with Crippen LogP contribution in [0, 0.1) is 0 Å². The van der Waals surface area contributed by atoms with E-state index >= 15 is 0 Å². The SMILES string of the molecule is O=C(O)Cc1ncc(-c2cccnc2)o1. The average molecular weight is 204 g/mol. The summed E-state index contributed by atoms with van der Waals surface area (Å²) in [7, 11) is 0. The number of carboxylic acids is 1. The summed E-state index contributed by atoms with van der Waals surface area (Å²) >= 11 is 0. The molecule has 0 aliphatic heterocycles. The molecule has 0 amide bonds. The predicted octanol–water partition coefficient (Wildman–Crippen LogP) is 1.36.